The van der Waals surface area contributed by atoms with E-state index in [2.05, 4.69) is 65.0 Å². The maximum Gasteiger partial charge on any atom is 0.306 e. The highest BCUT2D eigenvalue weighted by molar-refractivity contribution is 5.69. The lowest BCUT2D eigenvalue weighted by atomic mass is 9.62. The van der Waals surface area contributed by atoms with Crippen LogP contribution in [0.5, 0.6) is 0 Å². The van der Waals surface area contributed by atoms with Gasteiger partial charge in [0.2, 0.25) is 0 Å². The quantitative estimate of drug-likeness (QED) is 0.519. The Labute approximate surface area is 154 Å². The van der Waals surface area contributed by atoms with E-state index in [0.29, 0.717) is 18.3 Å². The van der Waals surface area contributed by atoms with Gasteiger partial charge in [-0.15, -0.1) is 0 Å². The molecule has 1 aromatic rings. The summed E-state index contributed by atoms with van der Waals surface area (Å²) in [6.45, 7) is 11.3. The Morgan fingerprint density at radius 2 is 1.64 bits per heavy atom. The predicted octanol–water partition coefficient (Wildman–Crippen LogP) is 6.28. The third-order valence-corrected chi connectivity index (χ3v) is 6.36. The Bertz CT molecular complexity index is 530. The molecule has 1 saturated carbocycles. The van der Waals surface area contributed by atoms with E-state index in [-0.39, 0.29) is 17.0 Å². The van der Waals surface area contributed by atoms with Gasteiger partial charge in [-0.3, -0.25) is 4.79 Å². The summed E-state index contributed by atoms with van der Waals surface area (Å²) < 4.78 is 5.80. The highest BCUT2D eigenvalue weighted by Gasteiger charge is 2.38. The van der Waals surface area contributed by atoms with Crippen molar-refractivity contribution in [1.82, 2.24) is 0 Å². The Morgan fingerprint density at radius 3 is 2.16 bits per heavy atom. The molecule has 1 aromatic carbocycles. The highest BCUT2D eigenvalue weighted by Crippen LogP contribution is 2.43. The van der Waals surface area contributed by atoms with Crippen molar-refractivity contribution in [3.8, 4) is 0 Å². The van der Waals surface area contributed by atoms with E-state index in [9.17, 15) is 4.79 Å². The number of rotatable bonds is 8. The molecule has 1 aliphatic carbocycles. The normalized spacial score (nSPS) is 17.2. The summed E-state index contributed by atoms with van der Waals surface area (Å²) >= 11 is 0. The molecule has 0 atom stereocenters. The summed E-state index contributed by atoms with van der Waals surface area (Å²) in [6.07, 6.45) is 6.85. The molecule has 0 spiro atoms. The first-order chi connectivity index (χ1) is 11.8. The third kappa shape index (κ3) is 4.65. The lowest BCUT2D eigenvalue weighted by Gasteiger charge is -2.42. The van der Waals surface area contributed by atoms with Crippen LogP contribution in [0, 0.1) is 11.8 Å². The van der Waals surface area contributed by atoms with Gasteiger partial charge >= 0.3 is 5.97 Å². The van der Waals surface area contributed by atoms with Gasteiger partial charge in [-0.05, 0) is 68.3 Å². The molecule has 0 bridgehead atoms. The second kappa shape index (κ2) is 8.38. The molecule has 0 radical (unpaired) electrons. The van der Waals surface area contributed by atoms with Crippen LogP contribution in [-0.4, -0.2) is 11.6 Å². The summed E-state index contributed by atoms with van der Waals surface area (Å²) in [5, 5.41) is 0. The highest BCUT2D eigenvalue weighted by atomic mass is 16.6. The number of esters is 1. The first-order valence-electron chi connectivity index (χ1n) is 10.1. The van der Waals surface area contributed by atoms with E-state index in [1.54, 1.807) is 0 Å². The van der Waals surface area contributed by atoms with E-state index in [1.807, 2.05) is 0 Å². The standard InChI is InChI=1S/C23H36O2/c1-18(2)23(19(3)4,20-12-7-6-8-13-20)17-11-14-21(24)25-22(5)15-9-10-16-22/h6-8,12-13,18-19H,9-11,14-17H2,1-5H3. The minimum Gasteiger partial charge on any atom is -0.459 e. The predicted molar refractivity (Wildman–Crippen MR) is 105 cm³/mol. The van der Waals surface area contributed by atoms with Gasteiger partial charge in [0.15, 0.2) is 0 Å². The molecule has 1 fully saturated rings. The maximum absolute atomic E-state index is 12.3. The molecular formula is C23H36O2. The van der Waals surface area contributed by atoms with Gasteiger partial charge in [-0.25, -0.2) is 0 Å². The lowest BCUT2D eigenvalue weighted by Crippen LogP contribution is -2.38. The Morgan fingerprint density at radius 1 is 1.08 bits per heavy atom. The third-order valence-electron chi connectivity index (χ3n) is 6.36. The molecule has 0 heterocycles. The molecule has 2 nitrogen and oxygen atoms in total. The number of ether oxygens (including phenoxy) is 1. The van der Waals surface area contributed by atoms with Gasteiger partial charge in [0.05, 0.1) is 0 Å². The molecule has 0 saturated heterocycles. The van der Waals surface area contributed by atoms with Crippen LogP contribution >= 0.6 is 0 Å². The van der Waals surface area contributed by atoms with Crippen LogP contribution < -0.4 is 0 Å². The van der Waals surface area contributed by atoms with Gasteiger partial charge in [0.1, 0.15) is 5.60 Å². The summed E-state index contributed by atoms with van der Waals surface area (Å²) in [6, 6.07) is 10.8. The first kappa shape index (κ1) is 20.0. The molecular weight excluding hydrogens is 308 g/mol. The van der Waals surface area contributed by atoms with Gasteiger partial charge < -0.3 is 4.74 Å². The maximum atomic E-state index is 12.3. The molecule has 2 rings (SSSR count). The van der Waals surface area contributed by atoms with Crippen LogP contribution in [0.1, 0.15) is 85.1 Å². The summed E-state index contributed by atoms with van der Waals surface area (Å²) in [7, 11) is 0. The number of carbonyl (C=O) groups excluding carboxylic acids is 1. The van der Waals surface area contributed by atoms with Crippen LogP contribution in [0.4, 0.5) is 0 Å². The van der Waals surface area contributed by atoms with Crippen LogP contribution in [0.25, 0.3) is 0 Å². The zero-order chi connectivity index (χ0) is 18.5. The minimum absolute atomic E-state index is 0.0149. The average Bonchev–Trinajstić information content (AvgIpc) is 2.97. The van der Waals surface area contributed by atoms with Crippen LogP contribution in [0.3, 0.4) is 0 Å². The fourth-order valence-electron chi connectivity index (χ4n) is 4.88. The minimum atomic E-state index is -0.205. The monoisotopic (exact) mass is 344 g/mol. The van der Waals surface area contributed by atoms with Gasteiger partial charge in [-0.2, -0.15) is 0 Å². The van der Waals surface area contributed by atoms with Crippen LogP contribution in [-0.2, 0) is 14.9 Å². The molecule has 25 heavy (non-hydrogen) atoms. The molecule has 2 heteroatoms. The smallest absolute Gasteiger partial charge is 0.306 e. The largest absolute Gasteiger partial charge is 0.459 e. The van der Waals surface area contributed by atoms with Crippen LogP contribution in [0.2, 0.25) is 0 Å². The van der Waals surface area contributed by atoms with E-state index in [0.717, 1.165) is 25.7 Å². The van der Waals surface area contributed by atoms with Crippen molar-refractivity contribution in [2.45, 2.75) is 90.6 Å². The van der Waals surface area contributed by atoms with E-state index < -0.39 is 0 Å². The van der Waals surface area contributed by atoms with Gasteiger partial charge in [-0.1, -0.05) is 58.0 Å². The molecule has 0 amide bonds. The zero-order valence-electron chi connectivity index (χ0n) is 16.8. The van der Waals surface area contributed by atoms with Crippen molar-refractivity contribution in [3.63, 3.8) is 0 Å². The lowest BCUT2D eigenvalue weighted by molar-refractivity contribution is -0.157. The first-order valence-corrected chi connectivity index (χ1v) is 10.1. The van der Waals surface area contributed by atoms with Gasteiger partial charge in [0, 0.05) is 6.42 Å². The topological polar surface area (TPSA) is 26.3 Å². The molecule has 0 unspecified atom stereocenters. The van der Waals surface area contributed by atoms with Crippen molar-refractivity contribution < 1.29 is 9.53 Å². The van der Waals surface area contributed by atoms with Gasteiger partial charge in [0.25, 0.3) is 0 Å². The van der Waals surface area contributed by atoms with Crippen LogP contribution in [0.15, 0.2) is 30.3 Å². The number of benzene rings is 1. The Balaban J connectivity index is 2.02. The number of hydrogen-bond acceptors (Lipinski definition) is 2. The zero-order valence-corrected chi connectivity index (χ0v) is 16.8. The molecule has 0 aromatic heterocycles. The summed E-state index contributed by atoms with van der Waals surface area (Å²) in [5.41, 5.74) is 1.30. The summed E-state index contributed by atoms with van der Waals surface area (Å²) in [4.78, 5) is 12.3. The number of carbonyl (C=O) groups is 1. The van der Waals surface area contributed by atoms with Crippen molar-refractivity contribution in [3.05, 3.63) is 35.9 Å². The summed E-state index contributed by atoms with van der Waals surface area (Å²) in [5.74, 6) is 1.04. The molecule has 0 aliphatic heterocycles. The van der Waals surface area contributed by atoms with E-state index in [4.69, 9.17) is 4.74 Å². The van der Waals surface area contributed by atoms with Crippen molar-refractivity contribution in [1.29, 1.82) is 0 Å². The SMILES string of the molecule is CC(C)C(CCCC(=O)OC1(C)CCCC1)(c1ccccc1)C(C)C. The Hall–Kier alpha value is -1.31. The molecule has 0 N–H and O–H groups in total. The second-order valence-corrected chi connectivity index (χ2v) is 8.70. The second-order valence-electron chi connectivity index (χ2n) is 8.70. The number of hydrogen-bond donors (Lipinski definition) is 0. The van der Waals surface area contributed by atoms with Crippen molar-refractivity contribution in [2.75, 3.05) is 0 Å². The van der Waals surface area contributed by atoms with E-state index >= 15 is 0 Å². The fraction of sp³-hybridized carbons (Fsp3) is 0.696. The van der Waals surface area contributed by atoms with Crippen molar-refractivity contribution in [2.24, 2.45) is 11.8 Å². The fourth-order valence-corrected chi connectivity index (χ4v) is 4.88. The van der Waals surface area contributed by atoms with Crippen molar-refractivity contribution >= 4 is 5.97 Å². The van der Waals surface area contributed by atoms with E-state index in [1.165, 1.54) is 18.4 Å². The molecule has 1 aliphatic rings. The Kier molecular flexibility index (Phi) is 6.71. The average molecular weight is 345 g/mol. The molecule has 140 valence electrons.